The van der Waals surface area contributed by atoms with Crippen LogP contribution in [0.2, 0.25) is 0 Å². The Morgan fingerprint density at radius 2 is 2.05 bits per heavy atom. The summed E-state index contributed by atoms with van der Waals surface area (Å²) in [5, 5.41) is 5.18. The molecule has 6 heteroatoms. The molecule has 110 valence electrons. The van der Waals surface area contributed by atoms with Crippen LogP contribution in [-0.4, -0.2) is 39.5 Å². The number of hydrogen-bond acceptors (Lipinski definition) is 2. The second-order valence-electron chi connectivity index (χ2n) is 4.57. The molecule has 0 fully saturated rings. The van der Waals surface area contributed by atoms with E-state index in [-0.39, 0.29) is 6.54 Å². The predicted molar refractivity (Wildman–Crippen MR) is 76.9 cm³/mol. The van der Waals surface area contributed by atoms with Crippen molar-refractivity contribution in [1.82, 2.24) is 14.7 Å². The maximum absolute atomic E-state index is 12.5. The van der Waals surface area contributed by atoms with Crippen molar-refractivity contribution in [3.8, 4) is 0 Å². The van der Waals surface area contributed by atoms with Crippen LogP contribution >= 0.6 is 15.9 Å². The van der Waals surface area contributed by atoms with E-state index >= 15 is 0 Å². The van der Waals surface area contributed by atoms with Crippen LogP contribution in [0.25, 0.3) is 0 Å². The van der Waals surface area contributed by atoms with Crippen LogP contribution in [0.5, 0.6) is 0 Å². The largest absolute Gasteiger partial charge is 0.291 e. The Labute approximate surface area is 122 Å². The molecule has 0 aliphatic carbocycles. The van der Waals surface area contributed by atoms with Crippen molar-refractivity contribution in [3.63, 3.8) is 0 Å². The van der Waals surface area contributed by atoms with Crippen LogP contribution < -0.4 is 0 Å². The van der Waals surface area contributed by atoms with Crippen molar-refractivity contribution in [1.29, 1.82) is 0 Å². The molecule has 0 aromatic carbocycles. The van der Waals surface area contributed by atoms with Gasteiger partial charge in [0, 0.05) is 24.6 Å². The summed E-state index contributed by atoms with van der Waals surface area (Å²) in [7, 11) is 0. The van der Waals surface area contributed by atoms with E-state index < -0.39 is 6.43 Å². The topological polar surface area (TPSA) is 21.1 Å². The lowest BCUT2D eigenvalue weighted by Gasteiger charge is -2.19. The van der Waals surface area contributed by atoms with Gasteiger partial charge in [0.1, 0.15) is 0 Å². The highest BCUT2D eigenvalue weighted by Crippen LogP contribution is 2.15. The van der Waals surface area contributed by atoms with Crippen LogP contribution in [-0.2, 0) is 6.54 Å². The summed E-state index contributed by atoms with van der Waals surface area (Å²) in [6.07, 6.45) is 1.70. The molecule has 0 saturated carbocycles. The smallest absolute Gasteiger partial charge is 0.251 e. The second kappa shape index (κ2) is 8.64. The summed E-state index contributed by atoms with van der Waals surface area (Å²) in [5.41, 5.74) is 0.855. The fourth-order valence-electron chi connectivity index (χ4n) is 2.11. The molecule has 1 heterocycles. The molecule has 0 bridgehead atoms. The monoisotopic (exact) mass is 337 g/mol. The van der Waals surface area contributed by atoms with E-state index in [1.54, 1.807) is 4.90 Å². The van der Waals surface area contributed by atoms with Gasteiger partial charge in [0.25, 0.3) is 6.43 Å². The highest BCUT2D eigenvalue weighted by atomic mass is 79.9. The van der Waals surface area contributed by atoms with Gasteiger partial charge in [0.15, 0.2) is 0 Å². The van der Waals surface area contributed by atoms with E-state index in [9.17, 15) is 8.78 Å². The Kier molecular flexibility index (Phi) is 7.53. The third-order valence-corrected chi connectivity index (χ3v) is 3.52. The summed E-state index contributed by atoms with van der Waals surface area (Å²) in [6.45, 7) is 5.13. The van der Waals surface area contributed by atoms with Crippen molar-refractivity contribution in [2.24, 2.45) is 0 Å². The van der Waals surface area contributed by atoms with E-state index in [1.165, 1.54) is 0 Å². The fourth-order valence-corrected chi connectivity index (χ4v) is 2.61. The van der Waals surface area contributed by atoms with Gasteiger partial charge in [-0.1, -0.05) is 29.8 Å². The molecule has 0 aliphatic rings. The van der Waals surface area contributed by atoms with Crippen LogP contribution in [0.4, 0.5) is 8.78 Å². The summed E-state index contributed by atoms with van der Waals surface area (Å²) in [4.78, 5) is 1.72. The molecule has 0 spiro atoms. The van der Waals surface area contributed by atoms with Gasteiger partial charge in [-0.25, -0.2) is 8.78 Å². The maximum Gasteiger partial charge on any atom is 0.251 e. The van der Waals surface area contributed by atoms with Crippen molar-refractivity contribution in [2.45, 2.75) is 45.7 Å². The first-order chi connectivity index (χ1) is 9.10. The molecule has 0 amide bonds. The Morgan fingerprint density at radius 1 is 1.37 bits per heavy atom. The number of nitrogens with zero attached hydrogens (tertiary/aromatic N) is 3. The molecule has 1 rings (SSSR count). The second-order valence-corrected chi connectivity index (χ2v) is 5.37. The molecule has 0 unspecified atom stereocenters. The first kappa shape index (κ1) is 16.6. The van der Waals surface area contributed by atoms with Crippen LogP contribution in [0, 0.1) is 0 Å². The molecule has 0 N–H and O–H groups in total. The molecular weight excluding hydrogens is 316 g/mol. The van der Waals surface area contributed by atoms with Crippen LogP contribution in [0.1, 0.15) is 38.4 Å². The van der Waals surface area contributed by atoms with E-state index in [4.69, 9.17) is 0 Å². The number of rotatable bonds is 9. The Bertz CT molecular complexity index is 353. The number of hydrogen-bond donors (Lipinski definition) is 0. The third-order valence-electron chi connectivity index (χ3n) is 3.16. The fraction of sp³-hybridized carbons (Fsp3) is 0.769. The van der Waals surface area contributed by atoms with Gasteiger partial charge in [-0.3, -0.25) is 9.58 Å². The molecule has 0 aliphatic heterocycles. The lowest BCUT2D eigenvalue weighted by atomic mass is 10.2. The predicted octanol–water partition coefficient (Wildman–Crippen LogP) is 3.71. The Morgan fingerprint density at radius 3 is 2.58 bits per heavy atom. The highest BCUT2D eigenvalue weighted by molar-refractivity contribution is 9.09. The first-order valence-electron chi connectivity index (χ1n) is 6.71. The average Bonchev–Trinajstić information content (AvgIpc) is 2.78. The molecular formula is C13H22BrF2N3. The third kappa shape index (κ3) is 5.57. The lowest BCUT2D eigenvalue weighted by molar-refractivity contribution is 0.0874. The zero-order valence-electron chi connectivity index (χ0n) is 11.5. The van der Waals surface area contributed by atoms with Gasteiger partial charge < -0.3 is 0 Å². The van der Waals surface area contributed by atoms with Gasteiger partial charge in [-0.15, -0.1) is 0 Å². The van der Waals surface area contributed by atoms with Gasteiger partial charge in [0.05, 0.1) is 18.3 Å². The van der Waals surface area contributed by atoms with E-state index in [1.807, 2.05) is 16.9 Å². The number of aromatic nitrogens is 2. The number of halogens is 3. The Balaban J connectivity index is 2.64. The van der Waals surface area contributed by atoms with E-state index in [0.717, 1.165) is 18.5 Å². The minimum Gasteiger partial charge on any atom is -0.291 e. The molecule has 0 radical (unpaired) electrons. The molecule has 19 heavy (non-hydrogen) atoms. The summed E-state index contributed by atoms with van der Waals surface area (Å²) in [6, 6.07) is 2.32. The molecule has 1 aromatic rings. The van der Waals surface area contributed by atoms with E-state index in [0.29, 0.717) is 24.5 Å². The number of alkyl halides is 3. The normalized spacial score (nSPS) is 12.0. The zero-order valence-corrected chi connectivity index (χ0v) is 13.1. The highest BCUT2D eigenvalue weighted by Gasteiger charge is 2.14. The van der Waals surface area contributed by atoms with Crippen LogP contribution in [0.3, 0.4) is 0 Å². The summed E-state index contributed by atoms with van der Waals surface area (Å²) in [5.74, 6) is 0. The molecule has 1 aromatic heterocycles. The van der Waals surface area contributed by atoms with Crippen LogP contribution in [0.15, 0.2) is 12.3 Å². The SMILES string of the molecule is CCC(CC)n1ccc(CN(CCBr)CC(F)F)n1. The first-order valence-corrected chi connectivity index (χ1v) is 7.83. The van der Waals surface area contributed by atoms with Gasteiger partial charge in [-0.05, 0) is 18.9 Å². The zero-order chi connectivity index (χ0) is 14.3. The summed E-state index contributed by atoms with van der Waals surface area (Å²) >= 11 is 3.29. The maximum atomic E-state index is 12.5. The van der Waals surface area contributed by atoms with Crippen molar-refractivity contribution >= 4 is 15.9 Å². The molecule has 3 nitrogen and oxygen atoms in total. The lowest BCUT2D eigenvalue weighted by Crippen LogP contribution is -2.30. The minimum absolute atomic E-state index is 0.205. The quantitative estimate of drug-likeness (QED) is 0.640. The van der Waals surface area contributed by atoms with Gasteiger partial charge in [-0.2, -0.15) is 5.10 Å². The minimum atomic E-state index is -2.31. The average molecular weight is 338 g/mol. The van der Waals surface area contributed by atoms with E-state index in [2.05, 4.69) is 34.9 Å². The van der Waals surface area contributed by atoms with Crippen molar-refractivity contribution in [3.05, 3.63) is 18.0 Å². The molecule has 0 atom stereocenters. The van der Waals surface area contributed by atoms with Crippen molar-refractivity contribution in [2.75, 3.05) is 18.4 Å². The standard InChI is InChI=1S/C13H22BrF2N3/c1-3-12(4-2)19-7-5-11(17-19)9-18(8-6-14)10-13(15)16/h5,7,12-13H,3-4,6,8-10H2,1-2H3. The van der Waals surface area contributed by atoms with Gasteiger partial charge in [0.2, 0.25) is 0 Å². The van der Waals surface area contributed by atoms with Gasteiger partial charge >= 0.3 is 0 Å². The summed E-state index contributed by atoms with van der Waals surface area (Å²) < 4.78 is 26.9. The van der Waals surface area contributed by atoms with Crippen molar-refractivity contribution < 1.29 is 8.78 Å². The Hall–Kier alpha value is -0.490. The molecule has 0 saturated heterocycles.